The van der Waals surface area contributed by atoms with E-state index in [2.05, 4.69) is 16.3 Å². The fourth-order valence-electron chi connectivity index (χ4n) is 3.37. The lowest BCUT2D eigenvalue weighted by atomic mass is 10.1. The molecule has 0 fully saturated rings. The van der Waals surface area contributed by atoms with Gasteiger partial charge in [0.15, 0.2) is 0 Å². The highest BCUT2D eigenvalue weighted by Gasteiger charge is 2.23. The van der Waals surface area contributed by atoms with Crippen LogP contribution < -0.4 is 0 Å². The van der Waals surface area contributed by atoms with Gasteiger partial charge in [0.2, 0.25) is 0 Å². The molecule has 0 aliphatic heterocycles. The first-order valence-corrected chi connectivity index (χ1v) is 11.4. The van der Waals surface area contributed by atoms with Gasteiger partial charge in [-0.15, -0.1) is 11.8 Å². The van der Waals surface area contributed by atoms with Crippen molar-refractivity contribution in [3.8, 4) is 11.3 Å². The molecule has 0 aliphatic carbocycles. The van der Waals surface area contributed by atoms with Crippen LogP contribution in [0.25, 0.3) is 11.3 Å². The van der Waals surface area contributed by atoms with Crippen LogP contribution in [0.2, 0.25) is 0 Å². The molecule has 0 bridgehead atoms. The van der Waals surface area contributed by atoms with Crippen molar-refractivity contribution in [2.24, 2.45) is 0 Å². The minimum Gasteiger partial charge on any atom is -0.341 e. The Kier molecular flexibility index (Phi) is 7.83. The Morgan fingerprint density at radius 2 is 1.90 bits per heavy atom. The molecule has 31 heavy (non-hydrogen) atoms. The summed E-state index contributed by atoms with van der Waals surface area (Å²) >= 11 is 1.45. The van der Waals surface area contributed by atoms with Gasteiger partial charge in [-0.1, -0.05) is 36.8 Å². The Balaban J connectivity index is 1.47. The highest BCUT2D eigenvalue weighted by atomic mass is 32.2. The SMILES string of the molecule is CSc1ccc([N+](=O)[O-])c(C(=O)N(C)CCCCCc2cc(-c3ccccc3)n[nH]2)c1. The van der Waals surface area contributed by atoms with E-state index in [1.807, 2.05) is 36.6 Å². The number of amides is 1. The third-order valence-corrected chi connectivity index (χ3v) is 5.84. The first-order valence-electron chi connectivity index (χ1n) is 10.2. The number of aromatic amines is 1. The molecule has 1 N–H and O–H groups in total. The highest BCUT2D eigenvalue weighted by Crippen LogP contribution is 2.26. The lowest BCUT2D eigenvalue weighted by Gasteiger charge is -2.17. The van der Waals surface area contributed by atoms with Crippen LogP contribution in [-0.2, 0) is 6.42 Å². The molecular formula is C23H26N4O3S. The molecule has 2 aromatic carbocycles. The van der Waals surface area contributed by atoms with Crippen LogP contribution in [0.1, 0.15) is 35.3 Å². The lowest BCUT2D eigenvalue weighted by Crippen LogP contribution is -2.28. The molecule has 0 aliphatic rings. The lowest BCUT2D eigenvalue weighted by molar-refractivity contribution is -0.385. The average molecular weight is 439 g/mol. The molecule has 3 rings (SSSR count). The standard InChI is InChI=1S/C23H26N4O3S/c1-26(23(28)20-16-19(31-2)12-13-22(20)27(29)30)14-8-4-7-11-18-15-21(25-24-18)17-9-5-3-6-10-17/h3,5-6,9-10,12-13,15-16H,4,7-8,11,14H2,1-2H3,(H,24,25). The van der Waals surface area contributed by atoms with Crippen molar-refractivity contribution in [3.63, 3.8) is 0 Å². The molecule has 0 spiro atoms. The topological polar surface area (TPSA) is 92.1 Å². The quantitative estimate of drug-likeness (QED) is 0.203. The summed E-state index contributed by atoms with van der Waals surface area (Å²) in [7, 11) is 1.69. The molecule has 0 saturated carbocycles. The van der Waals surface area contributed by atoms with Crippen LogP contribution in [-0.4, -0.2) is 45.8 Å². The van der Waals surface area contributed by atoms with Crippen molar-refractivity contribution in [1.29, 1.82) is 0 Å². The van der Waals surface area contributed by atoms with E-state index >= 15 is 0 Å². The Morgan fingerprint density at radius 1 is 1.13 bits per heavy atom. The van der Waals surface area contributed by atoms with Crippen LogP contribution >= 0.6 is 11.8 Å². The molecule has 1 amide bonds. The van der Waals surface area contributed by atoms with E-state index in [1.54, 1.807) is 24.1 Å². The van der Waals surface area contributed by atoms with Gasteiger partial charge < -0.3 is 4.90 Å². The number of aromatic nitrogens is 2. The van der Waals surface area contributed by atoms with Crippen molar-refractivity contribution in [1.82, 2.24) is 15.1 Å². The van der Waals surface area contributed by atoms with Crippen molar-refractivity contribution >= 4 is 23.4 Å². The highest BCUT2D eigenvalue weighted by molar-refractivity contribution is 7.98. The first kappa shape index (κ1) is 22.6. The predicted octanol–water partition coefficient (Wildman–Crippen LogP) is 5.19. The molecule has 0 radical (unpaired) electrons. The number of aryl methyl sites for hydroxylation is 1. The molecule has 1 aromatic heterocycles. The molecule has 7 nitrogen and oxygen atoms in total. The van der Waals surface area contributed by atoms with E-state index in [-0.39, 0.29) is 17.2 Å². The number of carbonyl (C=O) groups is 1. The molecule has 0 unspecified atom stereocenters. The average Bonchev–Trinajstić information content (AvgIpc) is 3.27. The maximum Gasteiger partial charge on any atom is 0.282 e. The zero-order valence-electron chi connectivity index (χ0n) is 17.7. The zero-order valence-corrected chi connectivity index (χ0v) is 18.5. The summed E-state index contributed by atoms with van der Waals surface area (Å²) in [6, 6.07) is 16.8. The smallest absolute Gasteiger partial charge is 0.282 e. The largest absolute Gasteiger partial charge is 0.341 e. The van der Waals surface area contributed by atoms with Crippen LogP contribution in [0.15, 0.2) is 59.5 Å². The number of H-pyrrole nitrogens is 1. The summed E-state index contributed by atoms with van der Waals surface area (Å²) in [6.45, 7) is 0.553. The number of nitro groups is 1. The molecular weight excluding hydrogens is 412 g/mol. The third-order valence-electron chi connectivity index (χ3n) is 5.12. The van der Waals surface area contributed by atoms with Crippen molar-refractivity contribution in [3.05, 3.63) is 76.0 Å². The van der Waals surface area contributed by atoms with Gasteiger partial charge in [-0.25, -0.2) is 0 Å². The molecule has 0 atom stereocenters. The number of nitrogens with one attached hydrogen (secondary N) is 1. The van der Waals surface area contributed by atoms with Gasteiger partial charge in [0.1, 0.15) is 5.56 Å². The number of benzene rings is 2. The first-order chi connectivity index (χ1) is 15.0. The van der Waals surface area contributed by atoms with E-state index in [0.29, 0.717) is 6.54 Å². The maximum absolute atomic E-state index is 12.8. The summed E-state index contributed by atoms with van der Waals surface area (Å²) in [4.78, 5) is 25.9. The fraction of sp³-hybridized carbons (Fsp3) is 0.304. The fourth-order valence-corrected chi connectivity index (χ4v) is 3.81. The Morgan fingerprint density at radius 3 is 2.61 bits per heavy atom. The number of carbonyl (C=O) groups excluding carboxylic acids is 1. The van der Waals surface area contributed by atoms with Gasteiger partial charge in [0, 0.05) is 35.8 Å². The minimum absolute atomic E-state index is 0.144. The normalized spacial score (nSPS) is 10.8. The third kappa shape index (κ3) is 5.95. The van der Waals surface area contributed by atoms with Gasteiger partial charge in [-0.05, 0) is 43.7 Å². The Bertz CT molecular complexity index is 1040. The summed E-state index contributed by atoms with van der Waals surface area (Å²) in [5, 5.41) is 18.8. The van der Waals surface area contributed by atoms with Crippen molar-refractivity contribution in [2.75, 3.05) is 19.8 Å². The molecule has 0 saturated heterocycles. The number of nitro benzene ring substituents is 1. The van der Waals surface area contributed by atoms with Crippen molar-refractivity contribution < 1.29 is 9.72 Å². The Hall–Kier alpha value is -3.13. The number of rotatable bonds is 10. The molecule has 8 heteroatoms. The predicted molar refractivity (Wildman–Crippen MR) is 123 cm³/mol. The van der Waals surface area contributed by atoms with E-state index in [4.69, 9.17) is 0 Å². The summed E-state index contributed by atoms with van der Waals surface area (Å²) in [5.74, 6) is -0.316. The van der Waals surface area contributed by atoms with Crippen molar-refractivity contribution in [2.45, 2.75) is 30.6 Å². The summed E-state index contributed by atoms with van der Waals surface area (Å²) < 4.78 is 0. The minimum atomic E-state index is -0.501. The monoisotopic (exact) mass is 438 g/mol. The number of thioether (sulfide) groups is 1. The summed E-state index contributed by atoms with van der Waals surface area (Å²) in [5.41, 5.74) is 3.11. The second kappa shape index (κ2) is 10.8. The van der Waals surface area contributed by atoms with Crippen LogP contribution in [0, 0.1) is 10.1 Å². The molecule has 1 heterocycles. The number of hydrogen-bond acceptors (Lipinski definition) is 5. The second-order valence-corrected chi connectivity index (χ2v) is 8.20. The van der Waals surface area contributed by atoms with Crippen LogP contribution in [0.5, 0.6) is 0 Å². The second-order valence-electron chi connectivity index (χ2n) is 7.32. The van der Waals surface area contributed by atoms with Gasteiger partial charge >= 0.3 is 0 Å². The van der Waals surface area contributed by atoms with Gasteiger partial charge in [0.05, 0.1) is 10.6 Å². The maximum atomic E-state index is 12.8. The van der Waals surface area contributed by atoms with E-state index in [0.717, 1.165) is 47.5 Å². The van der Waals surface area contributed by atoms with Crippen LogP contribution in [0.4, 0.5) is 5.69 Å². The van der Waals surface area contributed by atoms with Gasteiger partial charge in [0.25, 0.3) is 11.6 Å². The number of nitrogens with zero attached hydrogens (tertiary/aromatic N) is 3. The molecule has 3 aromatic rings. The Labute approximate surface area is 186 Å². The van der Waals surface area contributed by atoms with E-state index in [1.165, 1.54) is 17.8 Å². The summed E-state index contributed by atoms with van der Waals surface area (Å²) in [6.07, 6.45) is 5.52. The van der Waals surface area contributed by atoms with Gasteiger partial charge in [-0.3, -0.25) is 20.0 Å². The number of hydrogen-bond donors (Lipinski definition) is 1. The van der Waals surface area contributed by atoms with E-state index in [9.17, 15) is 14.9 Å². The van der Waals surface area contributed by atoms with Gasteiger partial charge in [-0.2, -0.15) is 5.10 Å². The zero-order chi connectivity index (χ0) is 22.2. The van der Waals surface area contributed by atoms with Crippen LogP contribution in [0.3, 0.4) is 0 Å². The van der Waals surface area contributed by atoms with E-state index < -0.39 is 4.92 Å². The number of unbranched alkanes of at least 4 members (excludes halogenated alkanes) is 2. The molecule has 162 valence electrons.